The fourth-order valence-electron chi connectivity index (χ4n) is 3.62. The third-order valence-corrected chi connectivity index (χ3v) is 5.06. The molecule has 0 aromatic heterocycles. The number of hydrogen-bond donors (Lipinski definition) is 1. The lowest BCUT2D eigenvalue weighted by molar-refractivity contribution is 0.128. The first kappa shape index (κ1) is 16.2. The standard InChI is InChI=1S/C21H28N2/c1-3-17(2)21(23-14-12-22-13-15-23)20-11-7-10-19(16-20)18-8-5-4-6-9-18/h4-11,16-17,21-22H,3,12-15H2,1-2H3/t17?,21-/m1/s1. The van der Waals surface area contributed by atoms with Gasteiger partial charge >= 0.3 is 0 Å². The highest BCUT2D eigenvalue weighted by atomic mass is 15.2. The van der Waals surface area contributed by atoms with E-state index in [9.17, 15) is 0 Å². The fraction of sp³-hybridized carbons (Fsp3) is 0.429. The van der Waals surface area contributed by atoms with Crippen molar-refractivity contribution in [3.8, 4) is 11.1 Å². The molecule has 23 heavy (non-hydrogen) atoms. The van der Waals surface area contributed by atoms with Gasteiger partial charge in [0.25, 0.3) is 0 Å². The van der Waals surface area contributed by atoms with Gasteiger partial charge in [-0.3, -0.25) is 4.90 Å². The van der Waals surface area contributed by atoms with Gasteiger partial charge in [-0.15, -0.1) is 0 Å². The molecule has 2 atom stereocenters. The van der Waals surface area contributed by atoms with E-state index in [0.717, 1.165) is 26.2 Å². The Hall–Kier alpha value is -1.64. The molecule has 2 heteroatoms. The highest BCUT2D eigenvalue weighted by Gasteiger charge is 2.26. The number of rotatable bonds is 5. The number of benzene rings is 2. The van der Waals surface area contributed by atoms with Crippen LogP contribution < -0.4 is 5.32 Å². The van der Waals surface area contributed by atoms with Crippen LogP contribution in [0.25, 0.3) is 11.1 Å². The third kappa shape index (κ3) is 3.82. The van der Waals surface area contributed by atoms with Crippen molar-refractivity contribution < 1.29 is 0 Å². The average Bonchev–Trinajstić information content (AvgIpc) is 2.64. The second kappa shape index (κ2) is 7.76. The Morgan fingerprint density at radius 1 is 0.957 bits per heavy atom. The van der Waals surface area contributed by atoms with Gasteiger partial charge in [0.1, 0.15) is 0 Å². The zero-order valence-electron chi connectivity index (χ0n) is 14.3. The predicted octanol–water partition coefficient (Wildman–Crippen LogP) is 4.35. The van der Waals surface area contributed by atoms with Gasteiger partial charge in [-0.05, 0) is 28.7 Å². The van der Waals surface area contributed by atoms with E-state index in [2.05, 4.69) is 78.7 Å². The van der Waals surface area contributed by atoms with E-state index in [0.29, 0.717) is 12.0 Å². The van der Waals surface area contributed by atoms with Crippen molar-refractivity contribution in [2.75, 3.05) is 26.2 Å². The monoisotopic (exact) mass is 308 g/mol. The summed E-state index contributed by atoms with van der Waals surface area (Å²) in [5.74, 6) is 0.666. The summed E-state index contributed by atoms with van der Waals surface area (Å²) in [4.78, 5) is 2.66. The molecule has 1 heterocycles. The van der Waals surface area contributed by atoms with Crippen LogP contribution in [-0.2, 0) is 0 Å². The molecule has 1 unspecified atom stereocenters. The zero-order valence-corrected chi connectivity index (χ0v) is 14.3. The third-order valence-electron chi connectivity index (χ3n) is 5.06. The smallest absolute Gasteiger partial charge is 0.0374 e. The van der Waals surface area contributed by atoms with Gasteiger partial charge in [-0.2, -0.15) is 0 Å². The molecule has 0 spiro atoms. The molecule has 0 amide bonds. The van der Waals surface area contributed by atoms with Gasteiger partial charge in [0.15, 0.2) is 0 Å². The van der Waals surface area contributed by atoms with Crippen LogP contribution in [0.4, 0.5) is 0 Å². The summed E-state index contributed by atoms with van der Waals surface area (Å²) >= 11 is 0. The minimum atomic E-state index is 0.519. The average molecular weight is 308 g/mol. The van der Waals surface area contributed by atoms with E-state index in [-0.39, 0.29) is 0 Å². The Labute approximate surface area is 140 Å². The Morgan fingerprint density at radius 3 is 2.35 bits per heavy atom. The van der Waals surface area contributed by atoms with Crippen molar-refractivity contribution in [3.63, 3.8) is 0 Å². The van der Waals surface area contributed by atoms with E-state index in [1.165, 1.54) is 23.1 Å². The van der Waals surface area contributed by atoms with Crippen LogP contribution in [0.3, 0.4) is 0 Å². The molecule has 0 bridgehead atoms. The maximum absolute atomic E-state index is 3.47. The summed E-state index contributed by atoms with van der Waals surface area (Å²) in [7, 11) is 0. The first-order valence-electron chi connectivity index (χ1n) is 8.89. The minimum Gasteiger partial charge on any atom is -0.314 e. The minimum absolute atomic E-state index is 0.519. The summed E-state index contributed by atoms with van der Waals surface area (Å²) in [6.07, 6.45) is 1.21. The number of nitrogens with one attached hydrogen (secondary N) is 1. The van der Waals surface area contributed by atoms with Crippen molar-refractivity contribution >= 4 is 0 Å². The number of hydrogen-bond acceptors (Lipinski definition) is 2. The van der Waals surface area contributed by atoms with Gasteiger partial charge in [0.2, 0.25) is 0 Å². The van der Waals surface area contributed by atoms with Crippen LogP contribution in [0.2, 0.25) is 0 Å². The molecule has 3 rings (SSSR count). The molecule has 1 N–H and O–H groups in total. The van der Waals surface area contributed by atoms with Crippen LogP contribution in [0.15, 0.2) is 54.6 Å². The largest absolute Gasteiger partial charge is 0.314 e. The summed E-state index contributed by atoms with van der Waals surface area (Å²) in [6, 6.07) is 20.4. The first-order chi connectivity index (χ1) is 11.3. The Balaban J connectivity index is 1.92. The van der Waals surface area contributed by atoms with Crippen molar-refractivity contribution in [3.05, 3.63) is 60.2 Å². The van der Waals surface area contributed by atoms with Gasteiger partial charge in [0, 0.05) is 32.2 Å². The lowest BCUT2D eigenvalue weighted by Gasteiger charge is -2.38. The topological polar surface area (TPSA) is 15.3 Å². The van der Waals surface area contributed by atoms with E-state index >= 15 is 0 Å². The molecular weight excluding hydrogens is 280 g/mol. The highest BCUT2D eigenvalue weighted by molar-refractivity contribution is 5.64. The molecular formula is C21H28N2. The maximum atomic E-state index is 3.47. The lowest BCUT2D eigenvalue weighted by Crippen LogP contribution is -2.46. The van der Waals surface area contributed by atoms with Crippen LogP contribution in [0, 0.1) is 5.92 Å². The Morgan fingerprint density at radius 2 is 1.65 bits per heavy atom. The molecule has 0 saturated carbocycles. The lowest BCUT2D eigenvalue weighted by atomic mass is 9.89. The summed E-state index contributed by atoms with van der Waals surface area (Å²) in [6.45, 7) is 9.19. The van der Waals surface area contributed by atoms with E-state index in [1.807, 2.05) is 0 Å². The van der Waals surface area contributed by atoms with E-state index in [4.69, 9.17) is 0 Å². The van der Waals surface area contributed by atoms with Crippen LogP contribution in [-0.4, -0.2) is 31.1 Å². The van der Waals surface area contributed by atoms with E-state index < -0.39 is 0 Å². The van der Waals surface area contributed by atoms with Crippen molar-refractivity contribution in [1.82, 2.24) is 10.2 Å². The molecule has 2 nitrogen and oxygen atoms in total. The van der Waals surface area contributed by atoms with E-state index in [1.54, 1.807) is 0 Å². The fourth-order valence-corrected chi connectivity index (χ4v) is 3.62. The Bertz CT molecular complexity index is 602. The van der Waals surface area contributed by atoms with Gasteiger partial charge in [-0.25, -0.2) is 0 Å². The maximum Gasteiger partial charge on any atom is 0.0374 e. The summed E-state index contributed by atoms with van der Waals surface area (Å²) < 4.78 is 0. The van der Waals surface area contributed by atoms with Crippen molar-refractivity contribution in [2.24, 2.45) is 5.92 Å². The number of nitrogens with zero attached hydrogens (tertiary/aromatic N) is 1. The summed E-state index contributed by atoms with van der Waals surface area (Å²) in [5, 5.41) is 3.47. The zero-order chi connectivity index (χ0) is 16.1. The van der Waals surface area contributed by atoms with Crippen LogP contribution in [0.5, 0.6) is 0 Å². The van der Waals surface area contributed by atoms with Crippen molar-refractivity contribution in [2.45, 2.75) is 26.3 Å². The SMILES string of the molecule is CCC(C)[C@H](c1cccc(-c2ccccc2)c1)N1CCNCC1. The van der Waals surface area contributed by atoms with Crippen LogP contribution >= 0.6 is 0 Å². The molecule has 1 saturated heterocycles. The highest BCUT2D eigenvalue weighted by Crippen LogP contribution is 2.33. The Kier molecular flexibility index (Phi) is 5.47. The molecule has 122 valence electrons. The van der Waals surface area contributed by atoms with Gasteiger partial charge in [0.05, 0.1) is 0 Å². The molecule has 2 aromatic rings. The molecule has 1 fully saturated rings. The van der Waals surface area contributed by atoms with Gasteiger partial charge < -0.3 is 5.32 Å². The quantitative estimate of drug-likeness (QED) is 0.883. The van der Waals surface area contributed by atoms with Crippen molar-refractivity contribution in [1.29, 1.82) is 0 Å². The predicted molar refractivity (Wildman–Crippen MR) is 98.5 cm³/mol. The molecule has 0 aliphatic carbocycles. The molecule has 1 aliphatic heterocycles. The number of piperazine rings is 1. The normalized spacial score (nSPS) is 18.5. The second-order valence-corrected chi connectivity index (χ2v) is 6.61. The second-order valence-electron chi connectivity index (χ2n) is 6.61. The van der Waals surface area contributed by atoms with Crippen LogP contribution in [0.1, 0.15) is 31.9 Å². The molecule has 2 aromatic carbocycles. The first-order valence-corrected chi connectivity index (χ1v) is 8.89. The molecule has 1 aliphatic rings. The summed E-state index contributed by atoms with van der Waals surface area (Å²) in [5.41, 5.74) is 4.09. The van der Waals surface area contributed by atoms with Gasteiger partial charge in [-0.1, -0.05) is 68.8 Å². The molecule has 0 radical (unpaired) electrons.